The molecule has 3 heterocycles. The number of nitrogens with one attached hydrogen (secondary N) is 1. The maximum atomic E-state index is 13.7. The van der Waals surface area contributed by atoms with Crippen molar-refractivity contribution in [3.05, 3.63) is 90.4 Å². The zero-order valence-electron chi connectivity index (χ0n) is 19.9. The van der Waals surface area contributed by atoms with E-state index in [4.69, 9.17) is 9.72 Å². The largest absolute Gasteiger partial charge is 0.462 e. The summed E-state index contributed by atoms with van der Waals surface area (Å²) in [7, 11) is 0. The van der Waals surface area contributed by atoms with Gasteiger partial charge in [0.25, 0.3) is 5.91 Å². The molecule has 2 aromatic carbocycles. The van der Waals surface area contributed by atoms with Gasteiger partial charge in [-0.15, -0.1) is 0 Å². The summed E-state index contributed by atoms with van der Waals surface area (Å²) in [6, 6.07) is 18.4. The molecule has 0 aliphatic carbocycles. The van der Waals surface area contributed by atoms with Crippen molar-refractivity contribution in [2.24, 2.45) is 0 Å². The van der Waals surface area contributed by atoms with Crippen LogP contribution in [0, 0.1) is 0 Å². The lowest BCUT2D eigenvalue weighted by atomic mass is 10.0. The molecule has 0 fully saturated rings. The molecule has 0 aliphatic heterocycles. The molecule has 0 saturated carbocycles. The Kier molecular flexibility index (Phi) is 6.27. The van der Waals surface area contributed by atoms with Gasteiger partial charge in [-0.05, 0) is 38.1 Å². The molecule has 1 N–H and O–H groups in total. The molecule has 1 amide bonds. The van der Waals surface area contributed by atoms with Gasteiger partial charge in [0.2, 0.25) is 0 Å². The van der Waals surface area contributed by atoms with Gasteiger partial charge in [-0.1, -0.05) is 36.4 Å². The molecule has 0 atom stereocenters. The van der Waals surface area contributed by atoms with Gasteiger partial charge in [-0.2, -0.15) is 10.2 Å². The van der Waals surface area contributed by atoms with Crippen LogP contribution in [-0.4, -0.2) is 43.0 Å². The molecule has 5 rings (SSSR count). The lowest BCUT2D eigenvalue weighted by Crippen LogP contribution is -2.18. The van der Waals surface area contributed by atoms with Crippen LogP contribution in [0.25, 0.3) is 27.8 Å². The predicted octanol–water partition coefficient (Wildman–Crippen LogP) is 4.73. The summed E-state index contributed by atoms with van der Waals surface area (Å²) < 4.78 is 8.52. The molecule has 9 nitrogen and oxygen atoms in total. The van der Waals surface area contributed by atoms with Crippen molar-refractivity contribution in [3.8, 4) is 16.9 Å². The van der Waals surface area contributed by atoms with Crippen LogP contribution < -0.4 is 5.32 Å². The van der Waals surface area contributed by atoms with Crippen LogP contribution in [0.4, 0.5) is 5.82 Å². The number of benzene rings is 2. The number of para-hydroxylation sites is 2. The first kappa shape index (κ1) is 23.0. The van der Waals surface area contributed by atoms with Crippen LogP contribution in [0.5, 0.6) is 0 Å². The van der Waals surface area contributed by atoms with Gasteiger partial charge < -0.3 is 10.1 Å². The van der Waals surface area contributed by atoms with Crippen LogP contribution in [-0.2, 0) is 11.3 Å². The molecule has 5 aromatic rings. The van der Waals surface area contributed by atoms with Crippen molar-refractivity contribution in [1.82, 2.24) is 24.5 Å². The standard InChI is InChI=1S/C27H24N6O3/c1-3-32-17-18(15-28-32)24-14-21(20-12-8-9-13-23(20)30-24)26(34)31-25-22(27(35)36-4-2)16-29-33(25)19-10-6-5-7-11-19/h5-17H,3-4H2,1-2H3,(H,31,34). The Morgan fingerprint density at radius 1 is 0.944 bits per heavy atom. The van der Waals surface area contributed by atoms with Crippen LogP contribution in [0.1, 0.15) is 34.6 Å². The topological polar surface area (TPSA) is 104 Å². The monoisotopic (exact) mass is 480 g/mol. The van der Waals surface area contributed by atoms with Crippen molar-refractivity contribution >= 4 is 28.6 Å². The Morgan fingerprint density at radius 3 is 2.47 bits per heavy atom. The number of hydrogen-bond acceptors (Lipinski definition) is 6. The number of hydrogen-bond donors (Lipinski definition) is 1. The third-order valence-electron chi connectivity index (χ3n) is 5.71. The number of rotatable bonds is 7. The summed E-state index contributed by atoms with van der Waals surface area (Å²) in [5, 5.41) is 12.3. The zero-order valence-corrected chi connectivity index (χ0v) is 19.9. The van der Waals surface area contributed by atoms with Gasteiger partial charge in [0, 0.05) is 23.7 Å². The number of amides is 1. The van der Waals surface area contributed by atoms with E-state index in [1.54, 1.807) is 23.9 Å². The number of carbonyl (C=O) groups excluding carboxylic acids is 2. The predicted molar refractivity (Wildman–Crippen MR) is 136 cm³/mol. The lowest BCUT2D eigenvalue weighted by Gasteiger charge is -2.13. The van der Waals surface area contributed by atoms with E-state index in [-0.39, 0.29) is 18.0 Å². The highest BCUT2D eigenvalue weighted by Gasteiger charge is 2.23. The van der Waals surface area contributed by atoms with E-state index in [2.05, 4.69) is 15.5 Å². The number of anilines is 1. The number of aryl methyl sites for hydroxylation is 1. The number of aromatic nitrogens is 5. The van der Waals surface area contributed by atoms with Crippen LogP contribution >= 0.6 is 0 Å². The van der Waals surface area contributed by atoms with Crippen molar-refractivity contribution in [1.29, 1.82) is 0 Å². The molecular weight excluding hydrogens is 456 g/mol. The van der Waals surface area contributed by atoms with E-state index in [0.29, 0.717) is 27.8 Å². The van der Waals surface area contributed by atoms with E-state index in [9.17, 15) is 9.59 Å². The zero-order chi connectivity index (χ0) is 25.1. The highest BCUT2D eigenvalue weighted by atomic mass is 16.5. The van der Waals surface area contributed by atoms with Crippen molar-refractivity contribution in [2.45, 2.75) is 20.4 Å². The Labute approximate surface area is 207 Å². The van der Waals surface area contributed by atoms with Crippen LogP contribution in [0.2, 0.25) is 0 Å². The number of ether oxygens (including phenoxy) is 1. The minimum Gasteiger partial charge on any atom is -0.462 e. The second-order valence-electron chi connectivity index (χ2n) is 7.99. The van der Waals surface area contributed by atoms with Gasteiger partial charge in [-0.3, -0.25) is 9.48 Å². The molecule has 36 heavy (non-hydrogen) atoms. The minimum atomic E-state index is -0.567. The first-order valence-corrected chi connectivity index (χ1v) is 11.6. The molecule has 0 bridgehead atoms. The second-order valence-corrected chi connectivity index (χ2v) is 7.99. The molecule has 3 aromatic heterocycles. The Balaban J connectivity index is 1.60. The molecule has 0 spiro atoms. The number of pyridine rings is 1. The van der Waals surface area contributed by atoms with E-state index in [0.717, 1.165) is 12.1 Å². The molecule has 0 aliphatic rings. The van der Waals surface area contributed by atoms with Gasteiger partial charge in [0.1, 0.15) is 5.56 Å². The Bertz CT molecular complexity index is 1550. The summed E-state index contributed by atoms with van der Waals surface area (Å²) >= 11 is 0. The minimum absolute atomic E-state index is 0.164. The quantitative estimate of drug-likeness (QED) is 0.338. The van der Waals surface area contributed by atoms with E-state index in [1.807, 2.05) is 67.7 Å². The third kappa shape index (κ3) is 4.34. The maximum absolute atomic E-state index is 13.7. The average Bonchev–Trinajstić information content (AvgIpc) is 3.56. The van der Waals surface area contributed by atoms with E-state index in [1.165, 1.54) is 10.9 Å². The summed E-state index contributed by atoms with van der Waals surface area (Å²) in [5.41, 5.74) is 3.37. The first-order valence-electron chi connectivity index (χ1n) is 11.6. The van der Waals surface area contributed by atoms with Gasteiger partial charge >= 0.3 is 5.97 Å². The normalized spacial score (nSPS) is 10.9. The van der Waals surface area contributed by atoms with Gasteiger partial charge in [0.15, 0.2) is 5.82 Å². The smallest absolute Gasteiger partial charge is 0.343 e. The lowest BCUT2D eigenvalue weighted by molar-refractivity contribution is 0.0527. The number of nitrogens with zero attached hydrogens (tertiary/aromatic N) is 5. The molecule has 9 heteroatoms. The molecule has 180 valence electrons. The SMILES string of the molecule is CCOC(=O)c1cnn(-c2ccccc2)c1NC(=O)c1cc(-c2cnn(CC)c2)nc2ccccc12. The first-order chi connectivity index (χ1) is 17.6. The summed E-state index contributed by atoms with van der Waals surface area (Å²) in [6.07, 6.45) is 5.02. The fraction of sp³-hybridized carbons (Fsp3) is 0.148. The van der Waals surface area contributed by atoms with Gasteiger partial charge in [-0.25, -0.2) is 14.5 Å². The second kappa shape index (κ2) is 9.83. The molecular formula is C27H24N6O3. The number of carbonyl (C=O) groups is 2. The Hall–Kier alpha value is -4.79. The van der Waals surface area contributed by atoms with Crippen molar-refractivity contribution in [3.63, 3.8) is 0 Å². The average molecular weight is 481 g/mol. The summed E-state index contributed by atoms with van der Waals surface area (Å²) in [4.78, 5) is 31.1. The number of fused-ring (bicyclic) bond motifs is 1. The van der Waals surface area contributed by atoms with E-state index < -0.39 is 11.9 Å². The third-order valence-corrected chi connectivity index (χ3v) is 5.71. The molecule has 0 radical (unpaired) electrons. The van der Waals surface area contributed by atoms with Crippen LogP contribution in [0.3, 0.4) is 0 Å². The van der Waals surface area contributed by atoms with Crippen molar-refractivity contribution < 1.29 is 14.3 Å². The highest BCUT2D eigenvalue weighted by molar-refractivity contribution is 6.14. The fourth-order valence-corrected chi connectivity index (χ4v) is 3.95. The summed E-state index contributed by atoms with van der Waals surface area (Å²) in [6.45, 7) is 4.65. The Morgan fingerprint density at radius 2 is 1.72 bits per heavy atom. The van der Waals surface area contributed by atoms with Crippen LogP contribution in [0.15, 0.2) is 79.3 Å². The maximum Gasteiger partial charge on any atom is 0.343 e. The van der Waals surface area contributed by atoms with E-state index >= 15 is 0 Å². The highest BCUT2D eigenvalue weighted by Crippen LogP contribution is 2.27. The molecule has 0 unspecified atom stereocenters. The fourth-order valence-electron chi connectivity index (χ4n) is 3.95. The summed E-state index contributed by atoms with van der Waals surface area (Å²) in [5.74, 6) is -0.742. The molecule has 0 saturated heterocycles. The van der Waals surface area contributed by atoms with Crippen molar-refractivity contribution in [2.75, 3.05) is 11.9 Å². The number of esters is 1. The van der Waals surface area contributed by atoms with Gasteiger partial charge in [0.05, 0.1) is 41.5 Å².